The van der Waals surface area contributed by atoms with Gasteiger partial charge in [0.25, 0.3) is 0 Å². The van der Waals surface area contributed by atoms with Crippen molar-refractivity contribution in [2.75, 3.05) is 5.73 Å². The summed E-state index contributed by atoms with van der Waals surface area (Å²) in [6.07, 6.45) is 10.8. The lowest BCUT2D eigenvalue weighted by Gasteiger charge is -2.43. The smallest absolute Gasteiger partial charge is 0.137 e. The Bertz CT molecular complexity index is 1310. The summed E-state index contributed by atoms with van der Waals surface area (Å²) in [5, 5.41) is 23.1. The van der Waals surface area contributed by atoms with E-state index >= 15 is 0 Å². The maximum atomic E-state index is 9.31. The zero-order valence-electron chi connectivity index (χ0n) is 16.1. The molecule has 0 aromatic carbocycles. The molecule has 1 saturated carbocycles. The van der Waals surface area contributed by atoms with Gasteiger partial charge in [-0.25, -0.2) is 9.97 Å². The van der Waals surface area contributed by atoms with Gasteiger partial charge in [0.1, 0.15) is 11.5 Å². The van der Waals surface area contributed by atoms with E-state index in [4.69, 9.17) is 5.73 Å². The monoisotopic (exact) mass is 394 g/mol. The summed E-state index contributed by atoms with van der Waals surface area (Å²) in [6.45, 7) is 0. The molecule has 4 aromatic heterocycles. The van der Waals surface area contributed by atoms with Crippen LogP contribution in [0.2, 0.25) is 0 Å². The highest BCUT2D eigenvalue weighted by Crippen LogP contribution is 2.46. The number of nitrogens with zero attached hydrogens (tertiary/aromatic N) is 7. The summed E-state index contributed by atoms with van der Waals surface area (Å²) >= 11 is 0. The molecule has 5 rings (SSSR count). The molecule has 0 spiro atoms. The molecule has 1 fully saturated rings. The fraction of sp³-hybridized carbons (Fsp3) is 0.227. The van der Waals surface area contributed by atoms with Crippen LogP contribution in [0.3, 0.4) is 0 Å². The van der Waals surface area contributed by atoms with Gasteiger partial charge < -0.3 is 5.73 Å². The predicted molar refractivity (Wildman–Crippen MR) is 111 cm³/mol. The number of pyridine rings is 2. The van der Waals surface area contributed by atoms with Gasteiger partial charge in [0, 0.05) is 35.9 Å². The number of nitrogen functional groups attached to an aromatic ring is 1. The molecular weight excluding hydrogens is 376 g/mol. The van der Waals surface area contributed by atoms with Gasteiger partial charge in [0.15, 0.2) is 0 Å². The van der Waals surface area contributed by atoms with E-state index in [1.165, 1.54) is 0 Å². The Balaban J connectivity index is 1.59. The topological polar surface area (TPSA) is 122 Å². The minimum absolute atomic E-state index is 0.0206. The minimum Gasteiger partial charge on any atom is -0.384 e. The van der Waals surface area contributed by atoms with Gasteiger partial charge in [-0.05, 0) is 42.7 Å². The van der Waals surface area contributed by atoms with Crippen LogP contribution in [0.4, 0.5) is 5.82 Å². The highest BCUT2D eigenvalue weighted by atomic mass is 15.3. The zero-order chi connectivity index (χ0) is 20.7. The molecule has 8 heteroatoms. The summed E-state index contributed by atoms with van der Waals surface area (Å²) in [5.74, 6) is 0.453. The number of fused-ring (bicyclic) bond motifs is 1. The SMILES string of the molecule is N#CC[C@]1(n2cc(-c3cc(-c4ccc(N)nc4)cc4nccn34)cn2)C[C@@H](C#N)C1. The Morgan fingerprint density at radius 3 is 2.70 bits per heavy atom. The number of nitriles is 2. The van der Waals surface area contributed by atoms with Crippen LogP contribution >= 0.6 is 0 Å². The number of hydrogen-bond acceptors (Lipinski definition) is 6. The molecule has 1 aliphatic carbocycles. The van der Waals surface area contributed by atoms with Crippen molar-refractivity contribution in [2.45, 2.75) is 24.8 Å². The van der Waals surface area contributed by atoms with Crippen molar-refractivity contribution >= 4 is 11.5 Å². The van der Waals surface area contributed by atoms with Gasteiger partial charge in [0.2, 0.25) is 0 Å². The second-order valence-electron chi connectivity index (χ2n) is 7.72. The summed E-state index contributed by atoms with van der Waals surface area (Å²) in [5.41, 5.74) is 9.91. The van der Waals surface area contributed by atoms with Crippen molar-refractivity contribution in [3.05, 3.63) is 55.2 Å². The molecule has 4 aromatic rings. The fourth-order valence-corrected chi connectivity index (χ4v) is 4.21. The van der Waals surface area contributed by atoms with E-state index in [2.05, 4.69) is 33.3 Å². The third-order valence-corrected chi connectivity index (χ3v) is 5.83. The fourth-order valence-electron chi connectivity index (χ4n) is 4.21. The molecule has 0 saturated heterocycles. The molecule has 8 nitrogen and oxygen atoms in total. The summed E-state index contributed by atoms with van der Waals surface area (Å²) in [6, 6.07) is 12.3. The van der Waals surface area contributed by atoms with Crippen LogP contribution < -0.4 is 5.73 Å². The van der Waals surface area contributed by atoms with Crippen molar-refractivity contribution in [1.82, 2.24) is 24.1 Å². The normalized spacial score (nSPS) is 20.4. The molecule has 0 aliphatic heterocycles. The van der Waals surface area contributed by atoms with Crippen LogP contribution in [-0.4, -0.2) is 24.1 Å². The van der Waals surface area contributed by atoms with E-state index in [0.717, 1.165) is 28.0 Å². The maximum absolute atomic E-state index is 9.31. The summed E-state index contributed by atoms with van der Waals surface area (Å²) in [4.78, 5) is 8.65. The van der Waals surface area contributed by atoms with Crippen molar-refractivity contribution in [3.63, 3.8) is 0 Å². The molecular formula is C22H18N8. The van der Waals surface area contributed by atoms with Crippen LogP contribution in [0.5, 0.6) is 0 Å². The number of anilines is 1. The van der Waals surface area contributed by atoms with Crippen LogP contribution in [0.25, 0.3) is 28.0 Å². The molecule has 0 unspecified atom stereocenters. The first-order valence-corrected chi connectivity index (χ1v) is 9.63. The Morgan fingerprint density at radius 1 is 1.10 bits per heavy atom. The second kappa shape index (κ2) is 6.71. The number of hydrogen-bond donors (Lipinski definition) is 1. The lowest BCUT2D eigenvalue weighted by Crippen LogP contribution is -2.46. The van der Waals surface area contributed by atoms with Gasteiger partial charge in [0.05, 0.1) is 41.9 Å². The van der Waals surface area contributed by atoms with E-state index in [-0.39, 0.29) is 5.92 Å². The minimum atomic E-state index is -0.403. The van der Waals surface area contributed by atoms with Gasteiger partial charge in [-0.15, -0.1) is 0 Å². The van der Waals surface area contributed by atoms with Crippen LogP contribution in [0, 0.1) is 28.6 Å². The van der Waals surface area contributed by atoms with Gasteiger partial charge >= 0.3 is 0 Å². The summed E-state index contributed by atoms with van der Waals surface area (Å²) in [7, 11) is 0. The molecule has 0 atom stereocenters. The van der Waals surface area contributed by atoms with Gasteiger partial charge in [-0.3, -0.25) is 9.08 Å². The first-order chi connectivity index (χ1) is 14.6. The maximum Gasteiger partial charge on any atom is 0.137 e. The Kier molecular flexibility index (Phi) is 4.00. The standard InChI is InChI=1S/C22H18N8/c23-4-3-22(9-15(10-22)11-24)30-14-18(13-28-30)19-7-17(8-21-26-5-6-29(19)21)16-1-2-20(25)27-12-16/h1-2,5-8,12-15H,3,9-10H2,(H2,25,27)/t15-,22+. The molecule has 2 N–H and O–H groups in total. The van der Waals surface area contributed by atoms with E-state index in [1.54, 1.807) is 24.7 Å². The average molecular weight is 394 g/mol. The third-order valence-electron chi connectivity index (χ3n) is 5.83. The highest BCUT2D eigenvalue weighted by molar-refractivity contribution is 5.75. The van der Waals surface area contributed by atoms with Crippen LogP contribution in [-0.2, 0) is 5.54 Å². The molecule has 0 amide bonds. The van der Waals surface area contributed by atoms with E-state index in [9.17, 15) is 10.5 Å². The van der Waals surface area contributed by atoms with Crippen LogP contribution in [0.1, 0.15) is 19.3 Å². The van der Waals surface area contributed by atoms with Crippen LogP contribution in [0.15, 0.2) is 55.2 Å². The van der Waals surface area contributed by atoms with Gasteiger partial charge in [-0.1, -0.05) is 0 Å². The molecule has 146 valence electrons. The van der Waals surface area contributed by atoms with Crippen molar-refractivity contribution < 1.29 is 0 Å². The number of nitrogens with two attached hydrogens (primary N) is 1. The number of aromatic nitrogens is 5. The van der Waals surface area contributed by atoms with Crippen molar-refractivity contribution in [3.8, 4) is 34.5 Å². The molecule has 30 heavy (non-hydrogen) atoms. The average Bonchev–Trinajstić information content (AvgIpc) is 3.40. The predicted octanol–water partition coefficient (Wildman–Crippen LogP) is 3.38. The molecule has 1 aliphatic rings. The highest BCUT2D eigenvalue weighted by Gasteiger charge is 2.46. The lowest BCUT2D eigenvalue weighted by atomic mass is 9.67. The second-order valence-corrected chi connectivity index (χ2v) is 7.72. The number of rotatable bonds is 4. The largest absolute Gasteiger partial charge is 0.384 e. The van der Waals surface area contributed by atoms with E-state index < -0.39 is 5.54 Å². The lowest BCUT2D eigenvalue weighted by molar-refractivity contribution is 0.0882. The van der Waals surface area contributed by atoms with Gasteiger partial charge in [-0.2, -0.15) is 15.6 Å². The first-order valence-electron chi connectivity index (χ1n) is 9.63. The Morgan fingerprint density at radius 2 is 1.97 bits per heavy atom. The zero-order valence-corrected chi connectivity index (χ0v) is 16.1. The number of imidazole rings is 1. The quantitative estimate of drug-likeness (QED) is 0.566. The third kappa shape index (κ3) is 2.78. The first kappa shape index (κ1) is 17.9. The summed E-state index contributed by atoms with van der Waals surface area (Å²) < 4.78 is 3.87. The van der Waals surface area contributed by atoms with E-state index in [1.807, 2.05) is 33.6 Å². The van der Waals surface area contributed by atoms with Crippen molar-refractivity contribution in [1.29, 1.82) is 10.5 Å². The molecule has 0 bridgehead atoms. The molecule has 4 heterocycles. The Hall–Kier alpha value is -4.17. The van der Waals surface area contributed by atoms with Crippen molar-refractivity contribution in [2.24, 2.45) is 5.92 Å². The van der Waals surface area contributed by atoms with E-state index in [0.29, 0.717) is 25.1 Å². The molecule has 0 radical (unpaired) electrons. The Labute approximate surface area is 172 Å².